The number of nitrogens with two attached hydrogens (primary N) is 1. The van der Waals surface area contributed by atoms with E-state index in [0.29, 0.717) is 0 Å². The van der Waals surface area contributed by atoms with Gasteiger partial charge in [0.05, 0.1) is 11.4 Å². The minimum Gasteiger partial charge on any atom is -0.330 e. The average molecular weight is 166 g/mol. The maximum atomic E-state index is 5.51. The molecule has 3 N–H and O–H groups in total. The highest BCUT2D eigenvalue weighted by Crippen LogP contribution is 2.23. The van der Waals surface area contributed by atoms with Gasteiger partial charge in [-0.05, 0) is 38.1 Å². The molecule has 0 saturated heterocycles. The van der Waals surface area contributed by atoms with E-state index < -0.39 is 0 Å². The lowest BCUT2D eigenvalue weighted by Gasteiger charge is -2.18. The van der Waals surface area contributed by atoms with E-state index in [2.05, 4.69) is 15.4 Å². The summed E-state index contributed by atoms with van der Waals surface area (Å²) >= 11 is 0. The van der Waals surface area contributed by atoms with Crippen molar-refractivity contribution in [3.05, 3.63) is 11.4 Å². The molecule has 4 heteroatoms. The maximum absolute atomic E-state index is 5.51. The average Bonchev–Trinajstić information content (AvgIpc) is 2.51. The number of H-pyrrole nitrogens is 1. The Balaban J connectivity index is 2.05. The number of hydrogen-bond donors (Lipinski definition) is 2. The fourth-order valence-corrected chi connectivity index (χ4v) is 1.84. The van der Waals surface area contributed by atoms with Crippen molar-refractivity contribution in [2.45, 2.75) is 25.7 Å². The molecule has 1 aliphatic carbocycles. The van der Waals surface area contributed by atoms with Gasteiger partial charge in [-0.1, -0.05) is 0 Å². The summed E-state index contributed by atoms with van der Waals surface area (Å²) in [6.07, 6.45) is 4.46. The molecule has 0 spiro atoms. The van der Waals surface area contributed by atoms with Gasteiger partial charge in [-0.25, -0.2) is 0 Å². The molecule has 1 heterocycles. The molecule has 0 fully saturated rings. The SMILES string of the molecule is NCCC1CCc2n[nH]nc2C1. The predicted octanol–water partition coefficient (Wildman–Crippen LogP) is 0.258. The quantitative estimate of drug-likeness (QED) is 0.662. The number of rotatable bonds is 2. The smallest absolute Gasteiger partial charge is 0.0859 e. The molecule has 1 unspecified atom stereocenters. The van der Waals surface area contributed by atoms with Crippen molar-refractivity contribution in [3.8, 4) is 0 Å². The monoisotopic (exact) mass is 166 g/mol. The second-order valence-corrected chi connectivity index (χ2v) is 3.40. The second kappa shape index (κ2) is 3.23. The molecule has 1 atom stereocenters. The van der Waals surface area contributed by atoms with E-state index in [9.17, 15) is 0 Å². The Morgan fingerprint density at radius 3 is 3.08 bits per heavy atom. The molecule has 0 bridgehead atoms. The van der Waals surface area contributed by atoms with Gasteiger partial charge in [0, 0.05) is 0 Å². The lowest BCUT2D eigenvalue weighted by atomic mass is 9.87. The van der Waals surface area contributed by atoms with Crippen LogP contribution >= 0.6 is 0 Å². The maximum Gasteiger partial charge on any atom is 0.0859 e. The number of aryl methyl sites for hydroxylation is 1. The van der Waals surface area contributed by atoms with Gasteiger partial charge in [-0.15, -0.1) is 0 Å². The topological polar surface area (TPSA) is 67.6 Å². The van der Waals surface area contributed by atoms with Crippen molar-refractivity contribution in [2.24, 2.45) is 11.7 Å². The Kier molecular flexibility index (Phi) is 2.08. The summed E-state index contributed by atoms with van der Waals surface area (Å²) < 4.78 is 0. The first-order valence-corrected chi connectivity index (χ1v) is 4.48. The van der Waals surface area contributed by atoms with Gasteiger partial charge >= 0.3 is 0 Å². The number of fused-ring (bicyclic) bond motifs is 1. The molecule has 4 nitrogen and oxygen atoms in total. The Labute approximate surface area is 71.5 Å². The van der Waals surface area contributed by atoms with Crippen LogP contribution < -0.4 is 5.73 Å². The van der Waals surface area contributed by atoms with E-state index in [4.69, 9.17) is 5.73 Å². The van der Waals surface area contributed by atoms with Gasteiger partial charge in [0.25, 0.3) is 0 Å². The molecule has 12 heavy (non-hydrogen) atoms. The first-order valence-electron chi connectivity index (χ1n) is 4.48. The van der Waals surface area contributed by atoms with E-state index in [-0.39, 0.29) is 0 Å². The van der Waals surface area contributed by atoms with Crippen LogP contribution in [0.2, 0.25) is 0 Å². The van der Waals surface area contributed by atoms with Crippen LogP contribution in [0.5, 0.6) is 0 Å². The molecule has 66 valence electrons. The van der Waals surface area contributed by atoms with E-state index in [1.165, 1.54) is 6.42 Å². The Morgan fingerprint density at radius 1 is 1.42 bits per heavy atom. The molecule has 0 radical (unpaired) electrons. The number of hydrogen-bond acceptors (Lipinski definition) is 3. The van der Waals surface area contributed by atoms with Crippen LogP contribution in [0.1, 0.15) is 24.2 Å². The highest BCUT2D eigenvalue weighted by atomic mass is 15.3. The zero-order valence-electron chi connectivity index (χ0n) is 7.08. The molecule has 2 rings (SSSR count). The molecular formula is C8H14N4. The lowest BCUT2D eigenvalue weighted by molar-refractivity contribution is 0.426. The van der Waals surface area contributed by atoms with Crippen LogP contribution in [0.15, 0.2) is 0 Å². The summed E-state index contributed by atoms with van der Waals surface area (Å²) in [5.41, 5.74) is 7.82. The lowest BCUT2D eigenvalue weighted by Crippen LogP contribution is -2.17. The third-order valence-electron chi connectivity index (χ3n) is 2.55. The van der Waals surface area contributed by atoms with Crippen molar-refractivity contribution >= 4 is 0 Å². The van der Waals surface area contributed by atoms with Gasteiger partial charge < -0.3 is 5.73 Å². The fraction of sp³-hybridized carbons (Fsp3) is 0.750. The fourth-order valence-electron chi connectivity index (χ4n) is 1.84. The number of aromatic nitrogens is 3. The van der Waals surface area contributed by atoms with Crippen LogP contribution in [0.3, 0.4) is 0 Å². The predicted molar refractivity (Wildman–Crippen MR) is 45.6 cm³/mol. The van der Waals surface area contributed by atoms with Crippen molar-refractivity contribution in [3.63, 3.8) is 0 Å². The normalized spacial score (nSPS) is 22.2. The number of nitrogens with one attached hydrogen (secondary N) is 1. The molecular weight excluding hydrogens is 152 g/mol. The number of aromatic amines is 1. The van der Waals surface area contributed by atoms with Crippen molar-refractivity contribution < 1.29 is 0 Å². The van der Waals surface area contributed by atoms with Crippen LogP contribution in [0, 0.1) is 5.92 Å². The highest BCUT2D eigenvalue weighted by Gasteiger charge is 2.20. The van der Waals surface area contributed by atoms with Crippen molar-refractivity contribution in [1.29, 1.82) is 0 Å². The van der Waals surface area contributed by atoms with Crippen molar-refractivity contribution in [1.82, 2.24) is 15.4 Å². The zero-order valence-corrected chi connectivity index (χ0v) is 7.08. The largest absolute Gasteiger partial charge is 0.330 e. The van der Waals surface area contributed by atoms with Crippen LogP contribution in [0.4, 0.5) is 0 Å². The first-order chi connectivity index (χ1) is 5.90. The summed E-state index contributed by atoms with van der Waals surface area (Å²) in [6.45, 7) is 0.790. The summed E-state index contributed by atoms with van der Waals surface area (Å²) in [5.74, 6) is 0.729. The molecule has 0 saturated carbocycles. The molecule has 0 aromatic carbocycles. The molecule has 1 aliphatic rings. The van der Waals surface area contributed by atoms with E-state index >= 15 is 0 Å². The second-order valence-electron chi connectivity index (χ2n) is 3.40. The van der Waals surface area contributed by atoms with Gasteiger partial charge in [0.1, 0.15) is 0 Å². The minimum atomic E-state index is 0.729. The Bertz CT molecular complexity index is 255. The molecule has 1 aromatic heterocycles. The third-order valence-corrected chi connectivity index (χ3v) is 2.55. The summed E-state index contributed by atoms with van der Waals surface area (Å²) in [6, 6.07) is 0. The van der Waals surface area contributed by atoms with E-state index in [1.807, 2.05) is 0 Å². The van der Waals surface area contributed by atoms with Crippen molar-refractivity contribution in [2.75, 3.05) is 6.54 Å². The third kappa shape index (κ3) is 1.34. The number of nitrogens with zero attached hydrogens (tertiary/aromatic N) is 2. The molecule has 0 amide bonds. The summed E-state index contributed by atoms with van der Waals surface area (Å²) in [4.78, 5) is 0. The van der Waals surface area contributed by atoms with Gasteiger partial charge in [0.15, 0.2) is 0 Å². The van der Waals surface area contributed by atoms with Crippen LogP contribution in [-0.4, -0.2) is 22.0 Å². The summed E-state index contributed by atoms with van der Waals surface area (Å²) in [5, 5.41) is 10.9. The Morgan fingerprint density at radius 2 is 2.25 bits per heavy atom. The first kappa shape index (κ1) is 7.73. The standard InChI is InChI=1S/C8H14N4/c9-4-3-6-1-2-7-8(5-6)11-12-10-7/h6H,1-5,9H2,(H,10,11,12). The van der Waals surface area contributed by atoms with E-state index in [0.717, 1.165) is 43.1 Å². The van der Waals surface area contributed by atoms with Gasteiger partial charge in [-0.3, -0.25) is 0 Å². The van der Waals surface area contributed by atoms with Crippen LogP contribution in [0.25, 0.3) is 0 Å². The minimum absolute atomic E-state index is 0.729. The van der Waals surface area contributed by atoms with Gasteiger partial charge in [-0.2, -0.15) is 15.4 Å². The van der Waals surface area contributed by atoms with Crippen LogP contribution in [-0.2, 0) is 12.8 Å². The highest BCUT2D eigenvalue weighted by molar-refractivity contribution is 5.12. The Hall–Kier alpha value is -0.900. The molecule has 0 aliphatic heterocycles. The van der Waals surface area contributed by atoms with E-state index in [1.54, 1.807) is 0 Å². The molecule has 1 aromatic rings. The van der Waals surface area contributed by atoms with Gasteiger partial charge in [0.2, 0.25) is 0 Å². The zero-order chi connectivity index (χ0) is 8.39. The summed E-state index contributed by atoms with van der Waals surface area (Å²) in [7, 11) is 0.